The van der Waals surface area contributed by atoms with Crippen molar-refractivity contribution >= 4 is 23.2 Å². The molecule has 0 bridgehead atoms. The van der Waals surface area contributed by atoms with Crippen molar-refractivity contribution in [3.63, 3.8) is 0 Å². The Hall–Kier alpha value is -3.30. The van der Waals surface area contributed by atoms with Gasteiger partial charge in [-0.05, 0) is 92.2 Å². The topological polar surface area (TPSA) is 103 Å². The fourth-order valence-corrected chi connectivity index (χ4v) is 4.98. The van der Waals surface area contributed by atoms with Crippen LogP contribution in [-0.2, 0) is 9.47 Å². The number of carbonyl (C=O) groups excluding carboxylic acids is 2. The molecule has 10 nitrogen and oxygen atoms in total. The van der Waals surface area contributed by atoms with Gasteiger partial charge in [-0.2, -0.15) is 0 Å². The summed E-state index contributed by atoms with van der Waals surface area (Å²) in [6, 6.07) is 7.24. The largest absolute Gasteiger partial charge is 0.472 e. The van der Waals surface area contributed by atoms with Crippen molar-refractivity contribution in [1.29, 1.82) is 0 Å². The molecular weight excluding hydrogens is 512 g/mol. The van der Waals surface area contributed by atoms with Gasteiger partial charge in [0.1, 0.15) is 24.4 Å². The molecule has 0 saturated carbocycles. The molecule has 1 aromatic carbocycles. The van der Waals surface area contributed by atoms with E-state index in [4.69, 9.17) is 28.9 Å². The summed E-state index contributed by atoms with van der Waals surface area (Å²) in [6.07, 6.45) is 4.81. The number of benzene rings is 1. The van der Waals surface area contributed by atoms with E-state index < -0.39 is 11.2 Å². The molecule has 2 amide bonds. The minimum Gasteiger partial charge on any atom is -0.472 e. The number of rotatable bonds is 6. The molecule has 2 saturated heterocycles. The average Bonchev–Trinajstić information content (AvgIpc) is 2.89. The van der Waals surface area contributed by atoms with Crippen LogP contribution in [-0.4, -0.2) is 81.5 Å². The number of amides is 2. The second kappa shape index (κ2) is 12.5. The maximum absolute atomic E-state index is 12.9. The average molecular weight is 557 g/mol. The van der Waals surface area contributed by atoms with E-state index in [1.165, 1.54) is 0 Å². The third kappa shape index (κ3) is 8.11. The van der Waals surface area contributed by atoms with Crippen molar-refractivity contribution in [2.75, 3.05) is 26.3 Å². The van der Waals surface area contributed by atoms with Crippen LogP contribution in [0.15, 0.2) is 24.3 Å². The second-order valence-electron chi connectivity index (χ2n) is 12.6. The lowest BCUT2D eigenvalue weighted by molar-refractivity contribution is 0.000718. The van der Waals surface area contributed by atoms with Gasteiger partial charge in [0.2, 0.25) is 0 Å². The highest BCUT2D eigenvalue weighted by Crippen LogP contribution is 2.29. The van der Waals surface area contributed by atoms with Crippen LogP contribution >= 0.6 is 0 Å². The summed E-state index contributed by atoms with van der Waals surface area (Å²) in [5.74, 6) is 0.543. The van der Waals surface area contributed by atoms with Gasteiger partial charge in [0.25, 0.3) is 11.8 Å². The first-order valence-electron chi connectivity index (χ1n) is 14.4. The SMILES string of the molecule is CC(C)(C)OC(=O)N1CCCC[C@H]1COc1nc2ccccc2nc1OC[C@@H]1CCCCN1C(=O)OC(C)(C)C. The van der Waals surface area contributed by atoms with Gasteiger partial charge in [-0.25, -0.2) is 19.6 Å². The Kier molecular flexibility index (Phi) is 9.26. The third-order valence-corrected chi connectivity index (χ3v) is 6.84. The van der Waals surface area contributed by atoms with E-state index in [2.05, 4.69) is 0 Å². The van der Waals surface area contributed by atoms with Crippen molar-refractivity contribution in [2.24, 2.45) is 0 Å². The molecule has 2 fully saturated rings. The molecule has 2 atom stereocenters. The number of para-hydroxylation sites is 2. The molecule has 1 aromatic heterocycles. The van der Waals surface area contributed by atoms with E-state index in [0.717, 1.165) is 38.5 Å². The predicted octanol–water partition coefficient (Wildman–Crippen LogP) is 5.97. The highest BCUT2D eigenvalue weighted by atomic mass is 16.6. The van der Waals surface area contributed by atoms with E-state index in [0.29, 0.717) is 24.1 Å². The first kappa shape index (κ1) is 29.7. The molecule has 3 heterocycles. The zero-order valence-corrected chi connectivity index (χ0v) is 24.8. The Balaban J connectivity index is 1.50. The van der Waals surface area contributed by atoms with Crippen LogP contribution in [0.4, 0.5) is 9.59 Å². The van der Waals surface area contributed by atoms with Crippen LogP contribution < -0.4 is 9.47 Å². The zero-order chi connectivity index (χ0) is 28.9. The van der Waals surface area contributed by atoms with Gasteiger partial charge in [-0.1, -0.05) is 12.1 Å². The number of ether oxygens (including phenoxy) is 4. The van der Waals surface area contributed by atoms with Crippen molar-refractivity contribution in [1.82, 2.24) is 19.8 Å². The molecule has 2 aromatic rings. The first-order chi connectivity index (χ1) is 18.9. The van der Waals surface area contributed by atoms with Gasteiger partial charge in [-0.15, -0.1) is 0 Å². The number of nitrogens with zero attached hydrogens (tertiary/aromatic N) is 4. The summed E-state index contributed by atoms with van der Waals surface area (Å²) in [5.41, 5.74) is 0.227. The van der Waals surface area contributed by atoms with Crippen LogP contribution in [0, 0.1) is 0 Å². The number of piperidine rings is 2. The molecule has 0 radical (unpaired) electrons. The van der Waals surface area contributed by atoms with Crippen molar-refractivity contribution in [3.8, 4) is 11.8 Å². The number of hydrogen-bond acceptors (Lipinski definition) is 8. The molecule has 0 spiro atoms. The lowest BCUT2D eigenvalue weighted by Crippen LogP contribution is -2.49. The number of hydrogen-bond donors (Lipinski definition) is 0. The van der Waals surface area contributed by atoms with E-state index in [9.17, 15) is 9.59 Å². The maximum Gasteiger partial charge on any atom is 0.410 e. The molecule has 2 aliphatic heterocycles. The number of aromatic nitrogens is 2. The van der Waals surface area contributed by atoms with Crippen molar-refractivity contribution in [2.45, 2.75) is 103 Å². The molecule has 10 heteroatoms. The normalized spacial score (nSPS) is 20.2. The van der Waals surface area contributed by atoms with Crippen LogP contribution in [0.25, 0.3) is 11.0 Å². The summed E-state index contributed by atoms with van der Waals surface area (Å²) >= 11 is 0. The smallest absolute Gasteiger partial charge is 0.410 e. The van der Waals surface area contributed by atoms with E-state index in [-0.39, 0.29) is 49.2 Å². The molecular formula is C30H44N4O6. The fraction of sp³-hybridized carbons (Fsp3) is 0.667. The fourth-order valence-electron chi connectivity index (χ4n) is 4.98. The lowest BCUT2D eigenvalue weighted by Gasteiger charge is -2.37. The molecule has 0 unspecified atom stereocenters. The zero-order valence-electron chi connectivity index (χ0n) is 24.8. The minimum absolute atomic E-state index is 0.147. The van der Waals surface area contributed by atoms with Gasteiger partial charge in [-0.3, -0.25) is 0 Å². The summed E-state index contributed by atoms with van der Waals surface area (Å²) < 4.78 is 23.7. The molecule has 2 aliphatic rings. The predicted molar refractivity (Wildman–Crippen MR) is 152 cm³/mol. The van der Waals surface area contributed by atoms with Gasteiger partial charge >= 0.3 is 12.2 Å². The highest BCUT2D eigenvalue weighted by molar-refractivity contribution is 5.75. The minimum atomic E-state index is -0.572. The lowest BCUT2D eigenvalue weighted by atomic mass is 10.0. The summed E-state index contributed by atoms with van der Waals surface area (Å²) in [6.45, 7) is 12.9. The van der Waals surface area contributed by atoms with Crippen molar-refractivity contribution < 1.29 is 28.5 Å². The first-order valence-corrected chi connectivity index (χ1v) is 14.4. The maximum atomic E-state index is 12.9. The Bertz CT molecular complexity index is 1080. The number of carbonyl (C=O) groups is 2. The van der Waals surface area contributed by atoms with Gasteiger partial charge in [0.15, 0.2) is 0 Å². The molecule has 220 valence electrons. The van der Waals surface area contributed by atoms with Gasteiger partial charge in [0.05, 0.1) is 23.1 Å². The van der Waals surface area contributed by atoms with Crippen LogP contribution in [0.5, 0.6) is 11.8 Å². The number of likely N-dealkylation sites (tertiary alicyclic amines) is 2. The Morgan fingerprint density at radius 2 is 1.12 bits per heavy atom. The third-order valence-electron chi connectivity index (χ3n) is 6.84. The Morgan fingerprint density at radius 1 is 0.725 bits per heavy atom. The van der Waals surface area contributed by atoms with E-state index in [1.807, 2.05) is 65.8 Å². The van der Waals surface area contributed by atoms with Crippen LogP contribution in [0.2, 0.25) is 0 Å². The van der Waals surface area contributed by atoms with E-state index in [1.54, 1.807) is 9.80 Å². The van der Waals surface area contributed by atoms with Crippen LogP contribution in [0.3, 0.4) is 0 Å². The van der Waals surface area contributed by atoms with Crippen LogP contribution in [0.1, 0.15) is 80.1 Å². The monoisotopic (exact) mass is 556 g/mol. The molecule has 0 aliphatic carbocycles. The molecule has 4 rings (SSSR count). The molecule has 0 N–H and O–H groups in total. The van der Waals surface area contributed by atoms with Gasteiger partial charge in [0, 0.05) is 13.1 Å². The second-order valence-corrected chi connectivity index (χ2v) is 12.6. The van der Waals surface area contributed by atoms with Crippen molar-refractivity contribution in [3.05, 3.63) is 24.3 Å². The Labute approximate surface area is 237 Å². The quantitative estimate of drug-likeness (QED) is 0.429. The summed E-state index contributed by atoms with van der Waals surface area (Å²) in [5, 5.41) is 0. The molecule has 40 heavy (non-hydrogen) atoms. The summed E-state index contributed by atoms with van der Waals surface area (Å²) in [7, 11) is 0. The standard InChI is InChI=1S/C30H44N4O6/c1-29(2,3)39-27(35)33-17-11-9-13-21(33)19-37-25-26(32-24-16-8-7-15-23(24)31-25)38-20-22-14-10-12-18-34(22)28(36)40-30(4,5)6/h7-8,15-16,21-22H,9-14,17-20H2,1-6H3/t21-,22-/m0/s1. The highest BCUT2D eigenvalue weighted by Gasteiger charge is 2.33. The van der Waals surface area contributed by atoms with E-state index >= 15 is 0 Å². The Morgan fingerprint density at radius 3 is 1.50 bits per heavy atom. The van der Waals surface area contributed by atoms with Gasteiger partial charge < -0.3 is 28.7 Å². The summed E-state index contributed by atoms with van der Waals surface area (Å²) in [4.78, 5) is 38.7. The number of fused-ring (bicyclic) bond motifs is 1.